The van der Waals surface area contributed by atoms with E-state index in [1.165, 1.54) is 17.0 Å². The van der Waals surface area contributed by atoms with Crippen molar-refractivity contribution in [2.75, 3.05) is 0 Å². The van der Waals surface area contributed by atoms with E-state index >= 15 is 0 Å². The van der Waals surface area contributed by atoms with Crippen molar-refractivity contribution in [1.29, 1.82) is 0 Å². The van der Waals surface area contributed by atoms with Crippen LogP contribution in [-0.2, 0) is 13.0 Å². The molecule has 1 aromatic heterocycles. The molecule has 0 fully saturated rings. The van der Waals surface area contributed by atoms with Crippen molar-refractivity contribution in [2.45, 2.75) is 20.0 Å². The van der Waals surface area contributed by atoms with Gasteiger partial charge in [-0.25, -0.2) is 4.98 Å². The number of ether oxygens (including phenoxy) is 1. The van der Waals surface area contributed by atoms with Gasteiger partial charge >= 0.3 is 5.69 Å². The molecule has 0 amide bonds. The summed E-state index contributed by atoms with van der Waals surface area (Å²) in [6, 6.07) is 13.1. The lowest BCUT2D eigenvalue weighted by molar-refractivity contribution is -0.386. The first kappa shape index (κ1) is 26.3. The van der Waals surface area contributed by atoms with Crippen LogP contribution in [0.5, 0.6) is 5.75 Å². The van der Waals surface area contributed by atoms with Gasteiger partial charge in [0, 0.05) is 22.5 Å². The fourth-order valence-corrected chi connectivity index (χ4v) is 4.67. The average Bonchev–Trinajstić information content (AvgIpc) is 2.84. The second kappa shape index (κ2) is 11.1. The van der Waals surface area contributed by atoms with Gasteiger partial charge in [-0.05, 0) is 57.9 Å². The molecule has 1 heterocycles. The second-order valence-corrected chi connectivity index (χ2v) is 10.1. The Morgan fingerprint density at radius 1 is 1.14 bits per heavy atom. The molecule has 0 aliphatic heterocycles. The SMILES string of the molecule is CCc1nc2ccc(Br)cc2c(=O)n1N=Cc1cc(Br)c(OCc2ccc(Cl)c(Cl)c2)c([N+](=O)[O-])c1. The van der Waals surface area contributed by atoms with Crippen LogP contribution in [0.3, 0.4) is 0 Å². The van der Waals surface area contributed by atoms with E-state index in [0.717, 1.165) is 4.47 Å². The van der Waals surface area contributed by atoms with Crippen LogP contribution >= 0.6 is 55.1 Å². The Bertz CT molecular complexity index is 1590. The third kappa shape index (κ3) is 5.62. The minimum Gasteiger partial charge on any atom is -0.481 e. The van der Waals surface area contributed by atoms with Crippen molar-refractivity contribution in [2.24, 2.45) is 5.10 Å². The molecule has 184 valence electrons. The molecule has 0 saturated carbocycles. The van der Waals surface area contributed by atoms with Gasteiger partial charge in [-0.2, -0.15) is 9.78 Å². The predicted octanol–water partition coefficient (Wildman–Crippen LogP) is 7.16. The van der Waals surface area contributed by atoms with E-state index in [1.54, 1.807) is 36.4 Å². The first-order chi connectivity index (χ1) is 17.2. The molecule has 4 rings (SSSR count). The number of hydrogen-bond acceptors (Lipinski definition) is 6. The molecule has 12 heteroatoms. The third-order valence-corrected chi connectivity index (χ3v) is 6.95. The summed E-state index contributed by atoms with van der Waals surface area (Å²) in [6.07, 6.45) is 1.83. The molecule has 3 aromatic carbocycles. The van der Waals surface area contributed by atoms with Gasteiger partial charge in [0.15, 0.2) is 0 Å². The zero-order chi connectivity index (χ0) is 26.0. The second-order valence-electron chi connectivity index (χ2n) is 7.55. The molecule has 0 radical (unpaired) electrons. The number of halogens is 4. The summed E-state index contributed by atoms with van der Waals surface area (Å²) in [5.74, 6) is 0.507. The highest BCUT2D eigenvalue weighted by Gasteiger charge is 2.20. The summed E-state index contributed by atoms with van der Waals surface area (Å²) >= 11 is 18.7. The highest BCUT2D eigenvalue weighted by Crippen LogP contribution is 2.37. The maximum Gasteiger partial charge on any atom is 0.312 e. The summed E-state index contributed by atoms with van der Waals surface area (Å²) < 4.78 is 8.03. The van der Waals surface area contributed by atoms with Crippen molar-refractivity contribution >= 4 is 77.9 Å². The number of rotatable bonds is 7. The van der Waals surface area contributed by atoms with Crippen molar-refractivity contribution in [3.05, 3.63) is 105 Å². The lowest BCUT2D eigenvalue weighted by atomic mass is 10.2. The van der Waals surface area contributed by atoms with Gasteiger partial charge in [-0.1, -0.05) is 52.1 Å². The minimum absolute atomic E-state index is 0.0390. The smallest absolute Gasteiger partial charge is 0.312 e. The van der Waals surface area contributed by atoms with E-state index in [-0.39, 0.29) is 23.6 Å². The highest BCUT2D eigenvalue weighted by atomic mass is 79.9. The summed E-state index contributed by atoms with van der Waals surface area (Å²) in [7, 11) is 0. The van der Waals surface area contributed by atoms with Crippen molar-refractivity contribution < 1.29 is 9.66 Å². The van der Waals surface area contributed by atoms with Gasteiger partial charge in [0.2, 0.25) is 5.75 Å². The molecule has 0 aliphatic rings. The molecule has 4 aromatic rings. The maximum absolute atomic E-state index is 13.1. The molecule has 8 nitrogen and oxygen atoms in total. The molecule has 0 unspecified atom stereocenters. The fraction of sp³-hybridized carbons (Fsp3) is 0.125. The maximum atomic E-state index is 13.1. The Kier molecular flexibility index (Phi) is 8.09. The van der Waals surface area contributed by atoms with Crippen LogP contribution < -0.4 is 10.3 Å². The summed E-state index contributed by atoms with van der Waals surface area (Å²) in [6.45, 7) is 1.90. The lowest BCUT2D eigenvalue weighted by Gasteiger charge is -2.11. The van der Waals surface area contributed by atoms with Crippen molar-refractivity contribution in [1.82, 2.24) is 9.66 Å². The van der Waals surface area contributed by atoms with E-state index in [4.69, 9.17) is 27.9 Å². The Morgan fingerprint density at radius 2 is 1.92 bits per heavy atom. The standard InChI is InChI=1S/C24H16Br2Cl2N4O4/c1-2-22-30-20-6-4-15(25)10-16(20)24(33)31(22)29-11-14-7-17(26)23(21(9-14)32(34)35)36-12-13-3-5-18(27)19(28)8-13/h3-11H,2,12H2,1H3. The topological polar surface area (TPSA) is 99.6 Å². The number of benzene rings is 3. The number of fused-ring (bicyclic) bond motifs is 1. The number of nitro benzene ring substituents is 1. The summed E-state index contributed by atoms with van der Waals surface area (Å²) in [5, 5.41) is 17.3. The molecule has 0 spiro atoms. The van der Waals surface area contributed by atoms with Crippen LogP contribution in [0, 0.1) is 10.1 Å². The van der Waals surface area contributed by atoms with E-state index < -0.39 is 4.92 Å². The van der Waals surface area contributed by atoms with Crippen LogP contribution in [0.4, 0.5) is 5.69 Å². The van der Waals surface area contributed by atoms with E-state index in [2.05, 4.69) is 41.9 Å². The monoisotopic (exact) mass is 652 g/mol. The predicted molar refractivity (Wildman–Crippen MR) is 148 cm³/mol. The van der Waals surface area contributed by atoms with Gasteiger partial charge in [0.1, 0.15) is 12.4 Å². The number of aromatic nitrogens is 2. The molecule has 0 bridgehead atoms. The largest absolute Gasteiger partial charge is 0.481 e. The van der Waals surface area contributed by atoms with E-state index in [0.29, 0.717) is 48.8 Å². The van der Waals surface area contributed by atoms with Crippen LogP contribution in [0.15, 0.2) is 67.4 Å². The Hall–Kier alpha value is -2.79. The Balaban J connectivity index is 1.69. The number of hydrogen-bond donors (Lipinski definition) is 0. The number of nitro groups is 1. The van der Waals surface area contributed by atoms with Gasteiger partial charge < -0.3 is 4.74 Å². The molecular weight excluding hydrogens is 639 g/mol. The summed E-state index contributed by atoms with van der Waals surface area (Å²) in [4.78, 5) is 28.8. The normalized spacial score (nSPS) is 11.4. The minimum atomic E-state index is -0.551. The lowest BCUT2D eigenvalue weighted by Crippen LogP contribution is -2.22. The molecule has 0 aliphatic carbocycles. The third-order valence-electron chi connectivity index (χ3n) is 5.12. The molecular formula is C24H16Br2Cl2N4O4. The van der Waals surface area contributed by atoms with E-state index in [1.807, 2.05) is 13.0 Å². The van der Waals surface area contributed by atoms with Gasteiger partial charge in [0.25, 0.3) is 5.56 Å². The first-order valence-electron chi connectivity index (χ1n) is 10.5. The summed E-state index contributed by atoms with van der Waals surface area (Å²) in [5.41, 5.74) is 1.03. The van der Waals surface area contributed by atoms with Crippen LogP contribution in [0.25, 0.3) is 10.9 Å². The van der Waals surface area contributed by atoms with Gasteiger partial charge in [0.05, 0.1) is 36.6 Å². The van der Waals surface area contributed by atoms with Gasteiger partial charge in [-0.15, -0.1) is 0 Å². The highest BCUT2D eigenvalue weighted by molar-refractivity contribution is 9.10. The zero-order valence-corrected chi connectivity index (χ0v) is 23.2. The Labute approximate surface area is 231 Å². The molecule has 0 N–H and O–H groups in total. The van der Waals surface area contributed by atoms with E-state index in [9.17, 15) is 14.9 Å². The fourth-order valence-electron chi connectivity index (χ4n) is 3.40. The average molecular weight is 655 g/mol. The van der Waals surface area contributed by atoms with Crippen LogP contribution in [-0.4, -0.2) is 20.8 Å². The molecule has 0 saturated heterocycles. The van der Waals surface area contributed by atoms with Crippen molar-refractivity contribution in [3.63, 3.8) is 0 Å². The van der Waals surface area contributed by atoms with Crippen LogP contribution in [0.2, 0.25) is 10.0 Å². The quantitative estimate of drug-likeness (QED) is 0.120. The molecule has 0 atom stereocenters. The Morgan fingerprint density at radius 3 is 2.61 bits per heavy atom. The number of aryl methyl sites for hydroxylation is 1. The van der Waals surface area contributed by atoms with Gasteiger partial charge in [-0.3, -0.25) is 14.9 Å². The first-order valence-corrected chi connectivity index (χ1v) is 12.8. The number of nitrogens with zero attached hydrogens (tertiary/aromatic N) is 4. The van der Waals surface area contributed by atoms with Crippen molar-refractivity contribution in [3.8, 4) is 5.75 Å². The van der Waals surface area contributed by atoms with Crippen LogP contribution in [0.1, 0.15) is 23.9 Å². The molecule has 36 heavy (non-hydrogen) atoms. The zero-order valence-electron chi connectivity index (χ0n) is 18.5.